The van der Waals surface area contributed by atoms with Crippen LogP contribution in [0.3, 0.4) is 0 Å². The van der Waals surface area contributed by atoms with Gasteiger partial charge in [0.05, 0.1) is 11.6 Å². The Morgan fingerprint density at radius 2 is 1.83 bits per heavy atom. The Labute approximate surface area is 170 Å². The van der Waals surface area contributed by atoms with E-state index in [1.807, 2.05) is 17.0 Å². The molecule has 0 aromatic heterocycles. The van der Waals surface area contributed by atoms with Gasteiger partial charge in [-0.3, -0.25) is 9.69 Å². The van der Waals surface area contributed by atoms with E-state index in [1.165, 1.54) is 5.56 Å². The lowest BCUT2D eigenvalue weighted by Gasteiger charge is -2.35. The van der Waals surface area contributed by atoms with Crippen molar-refractivity contribution in [2.45, 2.75) is 19.6 Å². The molecule has 4 rings (SSSR count). The van der Waals surface area contributed by atoms with Crippen LogP contribution in [-0.4, -0.2) is 54.8 Å². The molecule has 0 unspecified atom stereocenters. The van der Waals surface area contributed by atoms with Crippen LogP contribution in [0.2, 0.25) is 0 Å². The van der Waals surface area contributed by atoms with E-state index in [2.05, 4.69) is 17.0 Å². The summed E-state index contributed by atoms with van der Waals surface area (Å²) in [6.45, 7) is 5.82. The summed E-state index contributed by atoms with van der Waals surface area (Å²) in [5, 5.41) is 8.86. The maximum Gasteiger partial charge on any atom is 0.263 e. The van der Waals surface area contributed by atoms with Crippen molar-refractivity contribution in [3.8, 4) is 23.3 Å². The predicted molar refractivity (Wildman–Crippen MR) is 106 cm³/mol. The number of ether oxygens (including phenoxy) is 3. The van der Waals surface area contributed by atoms with Crippen LogP contribution in [0.4, 0.5) is 0 Å². The van der Waals surface area contributed by atoms with E-state index in [-0.39, 0.29) is 12.7 Å². The van der Waals surface area contributed by atoms with Crippen LogP contribution in [-0.2, 0) is 11.3 Å². The van der Waals surface area contributed by atoms with Crippen molar-refractivity contribution in [2.24, 2.45) is 0 Å². The zero-order valence-corrected chi connectivity index (χ0v) is 16.3. The van der Waals surface area contributed by atoms with Crippen molar-refractivity contribution in [3.05, 3.63) is 53.6 Å². The Morgan fingerprint density at radius 3 is 2.55 bits per heavy atom. The Hall–Kier alpha value is -3.24. The smallest absolute Gasteiger partial charge is 0.263 e. The van der Waals surface area contributed by atoms with Crippen LogP contribution in [0.5, 0.6) is 17.2 Å². The molecule has 1 saturated heterocycles. The molecule has 0 radical (unpaired) electrons. The van der Waals surface area contributed by atoms with Crippen molar-refractivity contribution in [1.82, 2.24) is 9.80 Å². The largest absolute Gasteiger partial charge is 0.481 e. The standard InChI is InChI=1S/C22H23N3O4/c1-16(29-19-5-2-17(13-23)3-6-19)22(26)25-10-8-24(9-11-25)14-18-4-7-20-21(12-18)28-15-27-20/h2-7,12,16H,8-11,14-15H2,1H3/t16-/m0/s1. The fourth-order valence-electron chi connectivity index (χ4n) is 3.54. The number of benzene rings is 2. The zero-order valence-electron chi connectivity index (χ0n) is 16.3. The summed E-state index contributed by atoms with van der Waals surface area (Å²) < 4.78 is 16.5. The van der Waals surface area contributed by atoms with Crippen molar-refractivity contribution in [3.63, 3.8) is 0 Å². The molecule has 2 aromatic rings. The van der Waals surface area contributed by atoms with Gasteiger partial charge in [0.1, 0.15) is 5.75 Å². The Kier molecular flexibility index (Phi) is 5.54. The van der Waals surface area contributed by atoms with Gasteiger partial charge in [0.15, 0.2) is 17.6 Å². The molecule has 7 nitrogen and oxygen atoms in total. The minimum atomic E-state index is -0.566. The van der Waals surface area contributed by atoms with E-state index in [9.17, 15) is 4.79 Å². The highest BCUT2D eigenvalue weighted by molar-refractivity contribution is 5.81. The van der Waals surface area contributed by atoms with Gasteiger partial charge in [-0.05, 0) is 48.9 Å². The summed E-state index contributed by atoms with van der Waals surface area (Å²) in [6.07, 6.45) is -0.566. The fraction of sp³-hybridized carbons (Fsp3) is 0.364. The minimum absolute atomic E-state index is 0.0166. The molecule has 1 atom stereocenters. The first-order valence-electron chi connectivity index (χ1n) is 9.69. The van der Waals surface area contributed by atoms with E-state index in [4.69, 9.17) is 19.5 Å². The molecular formula is C22H23N3O4. The van der Waals surface area contributed by atoms with Crippen molar-refractivity contribution >= 4 is 5.91 Å². The van der Waals surface area contributed by atoms with Crippen LogP contribution in [0, 0.1) is 11.3 Å². The molecule has 29 heavy (non-hydrogen) atoms. The Bertz CT molecular complexity index is 915. The van der Waals surface area contributed by atoms with Gasteiger partial charge in [0.25, 0.3) is 5.91 Å². The SMILES string of the molecule is C[C@H](Oc1ccc(C#N)cc1)C(=O)N1CCN(Cc2ccc3c(c2)OCO3)CC1. The highest BCUT2D eigenvalue weighted by Crippen LogP contribution is 2.32. The van der Waals surface area contributed by atoms with Gasteiger partial charge < -0.3 is 19.1 Å². The maximum absolute atomic E-state index is 12.7. The van der Waals surface area contributed by atoms with Crippen LogP contribution in [0.25, 0.3) is 0 Å². The Morgan fingerprint density at radius 1 is 1.10 bits per heavy atom. The molecule has 0 N–H and O–H groups in total. The molecule has 2 aliphatic rings. The maximum atomic E-state index is 12.7. The van der Waals surface area contributed by atoms with Crippen LogP contribution >= 0.6 is 0 Å². The van der Waals surface area contributed by atoms with Gasteiger partial charge in [-0.25, -0.2) is 0 Å². The zero-order chi connectivity index (χ0) is 20.2. The number of hydrogen-bond donors (Lipinski definition) is 0. The van der Waals surface area contributed by atoms with Crippen molar-refractivity contribution < 1.29 is 19.0 Å². The van der Waals surface area contributed by atoms with Gasteiger partial charge in [0, 0.05) is 32.7 Å². The number of fused-ring (bicyclic) bond motifs is 1. The lowest BCUT2D eigenvalue weighted by molar-refractivity contribution is -0.139. The second kappa shape index (κ2) is 8.41. The van der Waals surface area contributed by atoms with E-state index >= 15 is 0 Å². The van der Waals surface area contributed by atoms with Gasteiger partial charge in [-0.2, -0.15) is 5.26 Å². The van der Waals surface area contributed by atoms with E-state index in [0.29, 0.717) is 24.4 Å². The minimum Gasteiger partial charge on any atom is -0.481 e. The predicted octanol–water partition coefficient (Wildman–Crippen LogP) is 2.40. The number of carbonyl (C=O) groups is 1. The van der Waals surface area contributed by atoms with Crippen molar-refractivity contribution in [2.75, 3.05) is 33.0 Å². The molecule has 2 aliphatic heterocycles. The molecule has 1 amide bonds. The number of nitriles is 1. The molecule has 2 aromatic carbocycles. The molecule has 2 heterocycles. The van der Waals surface area contributed by atoms with Crippen molar-refractivity contribution in [1.29, 1.82) is 5.26 Å². The summed E-state index contributed by atoms with van der Waals surface area (Å²) in [7, 11) is 0. The topological polar surface area (TPSA) is 75.0 Å². The average Bonchev–Trinajstić information content (AvgIpc) is 3.22. The van der Waals surface area contributed by atoms with E-state index in [1.54, 1.807) is 31.2 Å². The summed E-state index contributed by atoms with van der Waals surface area (Å²) >= 11 is 0. The van der Waals surface area contributed by atoms with Gasteiger partial charge in [-0.15, -0.1) is 0 Å². The quantitative estimate of drug-likeness (QED) is 0.777. The molecule has 150 valence electrons. The number of nitrogens with zero attached hydrogens (tertiary/aromatic N) is 3. The molecular weight excluding hydrogens is 370 g/mol. The highest BCUT2D eigenvalue weighted by Gasteiger charge is 2.26. The highest BCUT2D eigenvalue weighted by atomic mass is 16.7. The number of rotatable bonds is 5. The lowest BCUT2D eigenvalue weighted by atomic mass is 10.1. The monoisotopic (exact) mass is 393 g/mol. The molecule has 0 spiro atoms. The molecule has 1 fully saturated rings. The first kappa shape index (κ1) is 19.1. The number of amides is 1. The summed E-state index contributed by atoms with van der Waals surface area (Å²) in [6, 6.07) is 14.9. The molecule has 0 saturated carbocycles. The number of hydrogen-bond acceptors (Lipinski definition) is 6. The molecule has 0 aliphatic carbocycles. The average molecular weight is 393 g/mol. The summed E-state index contributed by atoms with van der Waals surface area (Å²) in [5.74, 6) is 2.16. The Balaban J connectivity index is 1.27. The third kappa shape index (κ3) is 4.44. The normalized spacial score (nSPS) is 16.9. The molecule has 7 heteroatoms. The van der Waals surface area contributed by atoms with E-state index < -0.39 is 6.10 Å². The lowest BCUT2D eigenvalue weighted by Crippen LogP contribution is -2.51. The third-order valence-corrected chi connectivity index (χ3v) is 5.17. The van der Waals surface area contributed by atoms with Crippen LogP contribution in [0.1, 0.15) is 18.1 Å². The second-order valence-corrected chi connectivity index (χ2v) is 7.19. The number of piperazine rings is 1. The fourth-order valence-corrected chi connectivity index (χ4v) is 3.54. The van der Waals surface area contributed by atoms with E-state index in [0.717, 1.165) is 31.1 Å². The number of carbonyl (C=O) groups excluding carboxylic acids is 1. The first-order chi connectivity index (χ1) is 14.1. The van der Waals surface area contributed by atoms with Gasteiger partial charge in [-0.1, -0.05) is 6.07 Å². The second-order valence-electron chi connectivity index (χ2n) is 7.19. The van der Waals surface area contributed by atoms with Crippen LogP contribution in [0.15, 0.2) is 42.5 Å². The van der Waals surface area contributed by atoms with Crippen LogP contribution < -0.4 is 14.2 Å². The third-order valence-electron chi connectivity index (χ3n) is 5.17. The first-order valence-corrected chi connectivity index (χ1v) is 9.69. The summed E-state index contributed by atoms with van der Waals surface area (Å²) in [5.41, 5.74) is 1.74. The van der Waals surface area contributed by atoms with Gasteiger partial charge in [0.2, 0.25) is 6.79 Å². The van der Waals surface area contributed by atoms with Gasteiger partial charge >= 0.3 is 0 Å². The molecule has 0 bridgehead atoms. The summed E-state index contributed by atoms with van der Waals surface area (Å²) in [4.78, 5) is 16.9.